The molecular weight excluding hydrogens is 375 g/mol. The van der Waals surface area contributed by atoms with Gasteiger partial charge >= 0.3 is 5.97 Å². The van der Waals surface area contributed by atoms with Crippen LogP contribution >= 0.6 is 0 Å². The van der Waals surface area contributed by atoms with E-state index in [1.807, 2.05) is 0 Å². The molecule has 5 nitrogen and oxygen atoms in total. The van der Waals surface area contributed by atoms with Gasteiger partial charge in [0.1, 0.15) is 11.6 Å². The fourth-order valence-corrected chi connectivity index (χ4v) is 2.90. The van der Waals surface area contributed by atoms with E-state index in [4.69, 9.17) is 14.2 Å². The number of carbonyl (C=O) groups excluding carboxylic acids is 2. The molecule has 0 unspecified atom stereocenters. The molecule has 0 aliphatic carbocycles. The average Bonchev–Trinajstić information content (AvgIpc) is 2.99. The summed E-state index contributed by atoms with van der Waals surface area (Å²) in [6.07, 6.45) is 0.775. The molecule has 0 bridgehead atoms. The summed E-state index contributed by atoms with van der Waals surface area (Å²) in [6, 6.07) is 16.4. The third kappa shape index (κ3) is 4.27. The van der Waals surface area contributed by atoms with Crippen LogP contribution in [0.1, 0.15) is 32.7 Å². The molecule has 1 heterocycles. The maximum absolute atomic E-state index is 13.0. The first-order valence-corrected chi connectivity index (χ1v) is 9.12. The number of esters is 1. The summed E-state index contributed by atoms with van der Waals surface area (Å²) in [7, 11) is 0. The molecular formula is C23H17FO5. The molecule has 0 saturated heterocycles. The third-order valence-corrected chi connectivity index (χ3v) is 4.42. The summed E-state index contributed by atoms with van der Waals surface area (Å²) < 4.78 is 29.5. The Morgan fingerprint density at radius 2 is 1.34 bits per heavy atom. The van der Waals surface area contributed by atoms with Crippen LogP contribution < -0.4 is 14.2 Å². The van der Waals surface area contributed by atoms with Crippen molar-refractivity contribution in [3.05, 3.63) is 89.2 Å². The highest BCUT2D eigenvalue weighted by Gasteiger charge is 2.16. The number of carbonyl (C=O) groups is 2. The number of ether oxygens (including phenoxy) is 3. The first-order chi connectivity index (χ1) is 14.1. The van der Waals surface area contributed by atoms with Crippen LogP contribution in [0.2, 0.25) is 0 Å². The standard InChI is InChI=1S/C23H17FO5/c24-18-7-2-15(3-8-18)22(25)16-4-9-19(10-5-16)29-23(26)17-6-11-20-21(14-17)28-13-1-12-27-20/h2-11,14H,1,12-13H2. The summed E-state index contributed by atoms with van der Waals surface area (Å²) in [4.78, 5) is 24.9. The topological polar surface area (TPSA) is 61.8 Å². The van der Waals surface area contributed by atoms with E-state index in [2.05, 4.69) is 0 Å². The molecule has 0 aromatic heterocycles. The monoisotopic (exact) mass is 392 g/mol. The normalized spacial score (nSPS) is 12.7. The summed E-state index contributed by atoms with van der Waals surface area (Å²) in [5, 5.41) is 0. The van der Waals surface area contributed by atoms with E-state index in [1.165, 1.54) is 36.4 Å². The molecule has 1 aliphatic heterocycles. The van der Waals surface area contributed by atoms with Crippen molar-refractivity contribution in [3.8, 4) is 17.2 Å². The molecule has 0 saturated carbocycles. The lowest BCUT2D eigenvalue weighted by atomic mass is 10.0. The second-order valence-electron chi connectivity index (χ2n) is 6.46. The van der Waals surface area contributed by atoms with Crippen molar-refractivity contribution in [3.63, 3.8) is 0 Å². The van der Waals surface area contributed by atoms with Crippen molar-refractivity contribution in [2.75, 3.05) is 13.2 Å². The fourth-order valence-electron chi connectivity index (χ4n) is 2.90. The van der Waals surface area contributed by atoms with Gasteiger partial charge in [-0.3, -0.25) is 4.79 Å². The van der Waals surface area contributed by atoms with Crippen molar-refractivity contribution in [1.29, 1.82) is 0 Å². The minimum atomic E-state index is -0.543. The van der Waals surface area contributed by atoms with Crippen LogP contribution in [0.25, 0.3) is 0 Å². The van der Waals surface area contributed by atoms with Crippen molar-refractivity contribution >= 4 is 11.8 Å². The molecule has 1 aliphatic rings. The zero-order chi connectivity index (χ0) is 20.2. The second kappa shape index (κ2) is 8.14. The molecule has 0 radical (unpaired) electrons. The number of hydrogen-bond donors (Lipinski definition) is 0. The van der Waals surface area contributed by atoms with Crippen LogP contribution in [0.3, 0.4) is 0 Å². The van der Waals surface area contributed by atoms with Crippen LogP contribution in [0, 0.1) is 5.82 Å². The molecule has 0 spiro atoms. The molecule has 4 rings (SSSR count). The van der Waals surface area contributed by atoms with Gasteiger partial charge in [0.15, 0.2) is 17.3 Å². The molecule has 3 aromatic rings. The van der Waals surface area contributed by atoms with Gasteiger partial charge in [0.05, 0.1) is 18.8 Å². The van der Waals surface area contributed by atoms with Crippen molar-refractivity contribution in [2.45, 2.75) is 6.42 Å². The highest BCUT2D eigenvalue weighted by Crippen LogP contribution is 2.30. The van der Waals surface area contributed by atoms with Crippen LogP contribution in [0.4, 0.5) is 4.39 Å². The van der Waals surface area contributed by atoms with Crippen LogP contribution in [0.15, 0.2) is 66.7 Å². The lowest BCUT2D eigenvalue weighted by Crippen LogP contribution is -2.09. The fraction of sp³-hybridized carbons (Fsp3) is 0.130. The van der Waals surface area contributed by atoms with Gasteiger partial charge in [0.2, 0.25) is 0 Å². The Labute approximate surface area is 166 Å². The van der Waals surface area contributed by atoms with E-state index in [0.717, 1.165) is 6.42 Å². The molecule has 3 aromatic carbocycles. The summed E-state index contributed by atoms with van der Waals surface area (Å²) in [6.45, 7) is 1.09. The van der Waals surface area contributed by atoms with Gasteiger partial charge in [-0.05, 0) is 66.7 Å². The van der Waals surface area contributed by atoms with Crippen LogP contribution in [0.5, 0.6) is 17.2 Å². The predicted molar refractivity (Wildman–Crippen MR) is 103 cm³/mol. The molecule has 0 N–H and O–H groups in total. The number of rotatable bonds is 4. The minimum Gasteiger partial charge on any atom is -0.490 e. The minimum absolute atomic E-state index is 0.245. The summed E-state index contributed by atoms with van der Waals surface area (Å²) >= 11 is 0. The van der Waals surface area contributed by atoms with Gasteiger partial charge in [-0.25, -0.2) is 9.18 Å². The molecule has 0 amide bonds. The van der Waals surface area contributed by atoms with E-state index >= 15 is 0 Å². The zero-order valence-electron chi connectivity index (χ0n) is 15.4. The second-order valence-corrected chi connectivity index (χ2v) is 6.46. The highest BCUT2D eigenvalue weighted by atomic mass is 19.1. The Hall–Kier alpha value is -3.67. The van der Waals surface area contributed by atoms with Crippen molar-refractivity contribution in [1.82, 2.24) is 0 Å². The Kier molecular flexibility index (Phi) is 5.24. The first kappa shape index (κ1) is 18.7. The smallest absolute Gasteiger partial charge is 0.343 e. The largest absolute Gasteiger partial charge is 0.490 e. The summed E-state index contributed by atoms with van der Waals surface area (Å²) in [5.74, 6) is 0.222. The zero-order valence-corrected chi connectivity index (χ0v) is 15.4. The number of benzene rings is 3. The Morgan fingerprint density at radius 1 is 0.759 bits per heavy atom. The number of ketones is 1. The maximum atomic E-state index is 13.0. The number of halogens is 1. The van der Waals surface area contributed by atoms with Gasteiger partial charge in [-0.1, -0.05) is 0 Å². The maximum Gasteiger partial charge on any atom is 0.343 e. The number of fused-ring (bicyclic) bond motifs is 1. The predicted octanol–water partition coefficient (Wildman–Crippen LogP) is 4.44. The van der Waals surface area contributed by atoms with E-state index in [1.54, 1.807) is 30.3 Å². The van der Waals surface area contributed by atoms with Crippen molar-refractivity contribution < 1.29 is 28.2 Å². The van der Waals surface area contributed by atoms with Gasteiger partial charge in [-0.15, -0.1) is 0 Å². The van der Waals surface area contributed by atoms with E-state index < -0.39 is 11.8 Å². The first-order valence-electron chi connectivity index (χ1n) is 9.12. The van der Waals surface area contributed by atoms with Crippen molar-refractivity contribution in [2.24, 2.45) is 0 Å². The van der Waals surface area contributed by atoms with Crippen LogP contribution in [-0.4, -0.2) is 25.0 Å². The SMILES string of the molecule is O=C(Oc1ccc(C(=O)c2ccc(F)cc2)cc1)c1ccc2c(c1)OCCCO2. The van der Waals surface area contributed by atoms with Gasteiger partial charge in [0, 0.05) is 17.5 Å². The molecule has 29 heavy (non-hydrogen) atoms. The van der Waals surface area contributed by atoms with E-state index in [-0.39, 0.29) is 5.78 Å². The Morgan fingerprint density at radius 3 is 2.03 bits per heavy atom. The number of hydrogen-bond acceptors (Lipinski definition) is 5. The molecule has 0 fully saturated rings. The highest BCUT2D eigenvalue weighted by molar-refractivity contribution is 6.09. The third-order valence-electron chi connectivity index (χ3n) is 4.42. The Balaban J connectivity index is 1.46. The van der Waals surface area contributed by atoms with E-state index in [9.17, 15) is 14.0 Å². The van der Waals surface area contributed by atoms with Gasteiger partial charge in [-0.2, -0.15) is 0 Å². The Bertz CT molecular complexity index is 1040. The molecule has 6 heteroatoms. The van der Waals surface area contributed by atoms with Gasteiger partial charge < -0.3 is 14.2 Å². The van der Waals surface area contributed by atoms with Gasteiger partial charge in [0.25, 0.3) is 0 Å². The van der Waals surface area contributed by atoms with Crippen LogP contribution in [-0.2, 0) is 0 Å². The average molecular weight is 392 g/mol. The molecule has 146 valence electrons. The quantitative estimate of drug-likeness (QED) is 0.373. The lowest BCUT2D eigenvalue weighted by molar-refractivity contribution is 0.0734. The van der Waals surface area contributed by atoms with E-state index in [0.29, 0.717) is 47.2 Å². The molecule has 0 atom stereocenters. The lowest BCUT2D eigenvalue weighted by Gasteiger charge is -2.09. The summed E-state index contributed by atoms with van der Waals surface area (Å²) in [5.41, 5.74) is 1.12.